The predicted molar refractivity (Wildman–Crippen MR) is 144 cm³/mol. The number of nitrogens with one attached hydrogen (secondary N) is 1. The molecule has 3 rings (SSSR count). The van der Waals surface area contributed by atoms with Crippen LogP contribution in [0.3, 0.4) is 0 Å². The number of rotatable bonds is 8. The molecule has 0 heterocycles. The summed E-state index contributed by atoms with van der Waals surface area (Å²) in [6.07, 6.45) is 5.45. The lowest BCUT2D eigenvalue weighted by atomic mass is 9.75. The molecule has 6 nitrogen and oxygen atoms in total. The Morgan fingerprint density at radius 1 is 1.14 bits per heavy atom. The van der Waals surface area contributed by atoms with Gasteiger partial charge in [-0.15, -0.1) is 0 Å². The van der Waals surface area contributed by atoms with Gasteiger partial charge in [-0.05, 0) is 69.6 Å². The lowest BCUT2D eigenvalue weighted by Crippen LogP contribution is -2.35. The number of benzene rings is 2. The molecule has 200 valence electrons. The van der Waals surface area contributed by atoms with Crippen molar-refractivity contribution in [3.8, 4) is 11.1 Å². The molecule has 0 amide bonds. The minimum atomic E-state index is -0.604. The smallest absolute Gasteiger partial charge is 0.313 e. The summed E-state index contributed by atoms with van der Waals surface area (Å²) >= 11 is 0. The van der Waals surface area contributed by atoms with Crippen LogP contribution in [0.5, 0.6) is 0 Å². The first-order valence-corrected chi connectivity index (χ1v) is 12.7. The Morgan fingerprint density at radius 2 is 1.78 bits per heavy atom. The van der Waals surface area contributed by atoms with Crippen molar-refractivity contribution in [3.05, 3.63) is 59.2 Å². The molecule has 2 aromatic carbocycles. The Kier molecular flexibility index (Phi) is 9.18. The van der Waals surface area contributed by atoms with E-state index in [1.54, 1.807) is 45.0 Å². The number of nitrogens with zero attached hydrogens (tertiary/aromatic N) is 2. The molecule has 37 heavy (non-hydrogen) atoms. The van der Waals surface area contributed by atoms with Crippen LogP contribution in [0.25, 0.3) is 11.1 Å². The third-order valence-corrected chi connectivity index (χ3v) is 6.75. The van der Waals surface area contributed by atoms with Crippen molar-refractivity contribution in [2.45, 2.75) is 72.9 Å². The van der Waals surface area contributed by atoms with Crippen molar-refractivity contribution in [2.75, 3.05) is 6.73 Å². The SMILES string of the molecule is CC1(C)CCC(NCc2c(F)ccc(-c3ccc(C(N)=N/C=N/COC(=O)C(C)(C)C)cc3)c2F)CC1. The standard InChI is InChI=1S/C29H38F2N4O2/c1-28(2,3)27(36)37-18-33-17-35-26(32)20-8-6-19(7-9-20)22-10-11-24(30)23(25(22)31)16-34-21-12-14-29(4,5)15-13-21/h6-11,17,21,34H,12-16,18H2,1-5H3,(H2,32,33,35). The van der Waals surface area contributed by atoms with Crippen molar-refractivity contribution in [1.82, 2.24) is 5.32 Å². The summed E-state index contributed by atoms with van der Waals surface area (Å²) in [7, 11) is 0. The van der Waals surface area contributed by atoms with Gasteiger partial charge in [0.05, 0.1) is 5.41 Å². The first-order valence-electron chi connectivity index (χ1n) is 12.7. The molecule has 0 aliphatic heterocycles. The van der Waals surface area contributed by atoms with Gasteiger partial charge < -0.3 is 15.8 Å². The molecule has 0 bridgehead atoms. The summed E-state index contributed by atoms with van der Waals surface area (Å²) in [5, 5.41) is 3.35. The zero-order chi connectivity index (χ0) is 27.2. The Morgan fingerprint density at radius 3 is 2.41 bits per heavy atom. The largest absolute Gasteiger partial charge is 0.442 e. The van der Waals surface area contributed by atoms with Crippen LogP contribution in [0.15, 0.2) is 46.4 Å². The number of esters is 1. The van der Waals surface area contributed by atoms with E-state index in [0.29, 0.717) is 22.1 Å². The van der Waals surface area contributed by atoms with Gasteiger partial charge in [0.25, 0.3) is 0 Å². The maximum Gasteiger partial charge on any atom is 0.313 e. The van der Waals surface area contributed by atoms with Crippen LogP contribution in [-0.2, 0) is 16.1 Å². The monoisotopic (exact) mass is 512 g/mol. The van der Waals surface area contributed by atoms with Crippen LogP contribution in [0.4, 0.5) is 8.78 Å². The molecular formula is C29H38F2N4O2. The third-order valence-electron chi connectivity index (χ3n) is 6.75. The highest BCUT2D eigenvalue weighted by molar-refractivity contribution is 6.01. The van der Waals surface area contributed by atoms with Gasteiger partial charge >= 0.3 is 5.97 Å². The molecule has 0 spiro atoms. The van der Waals surface area contributed by atoms with Gasteiger partial charge in [0, 0.05) is 29.3 Å². The molecule has 8 heteroatoms. The Hall–Kier alpha value is -3.13. The second-order valence-corrected chi connectivity index (χ2v) is 11.4. The second kappa shape index (κ2) is 11.9. The first-order chi connectivity index (χ1) is 17.4. The van der Waals surface area contributed by atoms with Gasteiger partial charge in [0.1, 0.15) is 23.8 Å². The summed E-state index contributed by atoms with van der Waals surface area (Å²) in [5.74, 6) is -1.26. The fourth-order valence-electron chi connectivity index (χ4n) is 4.18. The second-order valence-electron chi connectivity index (χ2n) is 11.4. The van der Waals surface area contributed by atoms with E-state index in [9.17, 15) is 9.18 Å². The molecule has 0 saturated heterocycles. The number of hydrogen-bond acceptors (Lipinski definition) is 4. The molecule has 3 N–H and O–H groups in total. The van der Waals surface area contributed by atoms with Crippen molar-refractivity contribution < 1.29 is 18.3 Å². The lowest BCUT2D eigenvalue weighted by molar-refractivity contribution is -0.152. The summed E-state index contributed by atoms with van der Waals surface area (Å²) in [4.78, 5) is 19.7. The topological polar surface area (TPSA) is 89.1 Å². The van der Waals surface area contributed by atoms with Gasteiger partial charge in [-0.2, -0.15) is 0 Å². The Balaban J connectivity index is 1.64. The molecular weight excluding hydrogens is 474 g/mol. The molecule has 0 unspecified atom stereocenters. The molecule has 0 radical (unpaired) electrons. The van der Waals surface area contributed by atoms with E-state index in [2.05, 4.69) is 29.1 Å². The van der Waals surface area contributed by atoms with E-state index < -0.39 is 17.0 Å². The number of hydrogen-bond donors (Lipinski definition) is 2. The molecule has 2 aromatic rings. The summed E-state index contributed by atoms with van der Waals surface area (Å²) in [6, 6.07) is 9.90. The minimum absolute atomic E-state index is 0.0517. The predicted octanol–water partition coefficient (Wildman–Crippen LogP) is 5.97. The fraction of sp³-hybridized carbons (Fsp3) is 0.483. The zero-order valence-corrected chi connectivity index (χ0v) is 22.4. The highest BCUT2D eigenvalue weighted by Gasteiger charge is 2.27. The van der Waals surface area contributed by atoms with E-state index >= 15 is 4.39 Å². The number of carbonyl (C=O) groups is 1. The van der Waals surface area contributed by atoms with Gasteiger partial charge in [-0.25, -0.2) is 18.8 Å². The number of carbonyl (C=O) groups excluding carboxylic acids is 1. The first kappa shape index (κ1) is 28.4. The van der Waals surface area contributed by atoms with Crippen molar-refractivity contribution in [2.24, 2.45) is 26.5 Å². The highest BCUT2D eigenvalue weighted by atomic mass is 19.1. The van der Waals surface area contributed by atoms with Crippen LogP contribution in [0, 0.1) is 22.5 Å². The van der Waals surface area contributed by atoms with E-state index in [1.165, 1.54) is 18.5 Å². The van der Waals surface area contributed by atoms with Crippen LogP contribution in [-0.4, -0.2) is 30.9 Å². The third kappa shape index (κ3) is 7.92. The van der Waals surface area contributed by atoms with E-state index in [4.69, 9.17) is 10.5 Å². The Bertz CT molecular complexity index is 1140. The average Bonchev–Trinajstić information content (AvgIpc) is 2.84. The summed E-state index contributed by atoms with van der Waals surface area (Å²) in [6.45, 7) is 9.80. The number of nitrogens with two attached hydrogens (primary N) is 1. The zero-order valence-electron chi connectivity index (χ0n) is 22.4. The molecule has 0 aromatic heterocycles. The van der Waals surface area contributed by atoms with E-state index in [1.807, 2.05) is 0 Å². The maximum absolute atomic E-state index is 15.3. The molecule has 1 saturated carbocycles. The van der Waals surface area contributed by atoms with Gasteiger partial charge in [0.2, 0.25) is 0 Å². The molecule has 0 atom stereocenters. The normalized spacial score (nSPS) is 16.8. The molecule has 1 fully saturated rings. The van der Waals surface area contributed by atoms with Crippen molar-refractivity contribution in [1.29, 1.82) is 0 Å². The maximum atomic E-state index is 15.3. The number of aliphatic imine (C=N–C) groups is 2. The quantitative estimate of drug-likeness (QED) is 0.259. The van der Waals surface area contributed by atoms with Crippen LogP contribution in [0.2, 0.25) is 0 Å². The van der Waals surface area contributed by atoms with E-state index in [0.717, 1.165) is 25.7 Å². The number of halogens is 2. The van der Waals surface area contributed by atoms with E-state index in [-0.39, 0.29) is 36.7 Å². The van der Waals surface area contributed by atoms with Crippen molar-refractivity contribution >= 4 is 18.1 Å². The fourth-order valence-corrected chi connectivity index (χ4v) is 4.18. The van der Waals surface area contributed by atoms with Crippen LogP contribution < -0.4 is 11.1 Å². The summed E-state index contributed by atoms with van der Waals surface area (Å²) in [5.41, 5.74) is 7.35. The lowest BCUT2D eigenvalue weighted by Gasteiger charge is -2.34. The van der Waals surface area contributed by atoms with Crippen molar-refractivity contribution in [3.63, 3.8) is 0 Å². The van der Waals surface area contributed by atoms with Crippen LogP contribution >= 0.6 is 0 Å². The average molecular weight is 513 g/mol. The summed E-state index contributed by atoms with van der Waals surface area (Å²) < 4.78 is 34.9. The Labute approximate surface area is 218 Å². The van der Waals surface area contributed by atoms with Gasteiger partial charge in [-0.3, -0.25) is 4.79 Å². The van der Waals surface area contributed by atoms with Gasteiger partial charge in [-0.1, -0.05) is 38.1 Å². The van der Waals surface area contributed by atoms with Gasteiger partial charge in [0.15, 0.2) is 6.73 Å². The minimum Gasteiger partial charge on any atom is -0.442 e. The van der Waals surface area contributed by atoms with Crippen LogP contribution in [0.1, 0.15) is 71.4 Å². The number of ether oxygens (including phenoxy) is 1. The molecule has 1 aliphatic rings. The number of amidine groups is 1. The highest BCUT2D eigenvalue weighted by Crippen LogP contribution is 2.35. The molecule has 1 aliphatic carbocycles.